The SMILES string of the molecule is CC(c1ccc2c(c1)OCCO2)N(C)C(=O)CCc1nc2ccccc2[nH]c1=O. The van der Waals surface area contributed by atoms with Crippen molar-refractivity contribution in [3.63, 3.8) is 0 Å². The quantitative estimate of drug-likeness (QED) is 0.721. The Bertz CT molecular complexity index is 1110. The van der Waals surface area contributed by atoms with Crippen LogP contribution < -0.4 is 15.0 Å². The highest BCUT2D eigenvalue weighted by Gasteiger charge is 2.20. The molecule has 1 unspecified atom stereocenters. The maximum Gasteiger partial charge on any atom is 0.270 e. The Balaban J connectivity index is 1.44. The number of fused-ring (bicyclic) bond motifs is 2. The first-order valence-electron chi connectivity index (χ1n) is 9.66. The first-order valence-corrected chi connectivity index (χ1v) is 9.66. The van der Waals surface area contributed by atoms with E-state index in [2.05, 4.69) is 9.97 Å². The molecule has 0 aliphatic carbocycles. The number of rotatable bonds is 5. The van der Waals surface area contributed by atoms with Crippen LogP contribution in [0.15, 0.2) is 47.3 Å². The zero-order valence-corrected chi connectivity index (χ0v) is 16.5. The van der Waals surface area contributed by atoms with Crippen LogP contribution in [0, 0.1) is 0 Å². The Morgan fingerprint density at radius 3 is 2.76 bits per heavy atom. The van der Waals surface area contributed by atoms with E-state index in [0.717, 1.165) is 11.3 Å². The van der Waals surface area contributed by atoms with Crippen LogP contribution in [0.2, 0.25) is 0 Å². The van der Waals surface area contributed by atoms with E-state index in [-0.39, 0.29) is 30.3 Å². The van der Waals surface area contributed by atoms with Crippen molar-refractivity contribution >= 4 is 16.9 Å². The molecule has 2 heterocycles. The summed E-state index contributed by atoms with van der Waals surface area (Å²) in [6.45, 7) is 3.03. The molecule has 1 amide bonds. The molecule has 1 aliphatic heterocycles. The first-order chi connectivity index (χ1) is 14.0. The van der Waals surface area contributed by atoms with Gasteiger partial charge in [-0.05, 0) is 36.8 Å². The first kappa shape index (κ1) is 19.0. The van der Waals surface area contributed by atoms with Crippen molar-refractivity contribution in [2.75, 3.05) is 20.3 Å². The van der Waals surface area contributed by atoms with Crippen molar-refractivity contribution in [1.82, 2.24) is 14.9 Å². The number of amides is 1. The van der Waals surface area contributed by atoms with Gasteiger partial charge < -0.3 is 19.4 Å². The van der Waals surface area contributed by atoms with Crippen molar-refractivity contribution in [3.8, 4) is 11.5 Å². The van der Waals surface area contributed by atoms with Crippen LogP contribution in [-0.4, -0.2) is 41.0 Å². The van der Waals surface area contributed by atoms with Crippen LogP contribution in [-0.2, 0) is 11.2 Å². The van der Waals surface area contributed by atoms with Gasteiger partial charge >= 0.3 is 0 Å². The minimum Gasteiger partial charge on any atom is -0.486 e. The number of aromatic amines is 1. The summed E-state index contributed by atoms with van der Waals surface area (Å²) in [6.07, 6.45) is 0.497. The van der Waals surface area contributed by atoms with Gasteiger partial charge in [0, 0.05) is 19.9 Å². The van der Waals surface area contributed by atoms with Gasteiger partial charge in [0.05, 0.1) is 17.1 Å². The van der Waals surface area contributed by atoms with Crippen LogP contribution in [0.25, 0.3) is 11.0 Å². The van der Waals surface area contributed by atoms with Gasteiger partial charge in [0.2, 0.25) is 5.91 Å². The smallest absolute Gasteiger partial charge is 0.270 e. The molecule has 0 fully saturated rings. The van der Waals surface area contributed by atoms with E-state index in [0.29, 0.717) is 35.7 Å². The van der Waals surface area contributed by atoms with E-state index in [4.69, 9.17) is 9.47 Å². The van der Waals surface area contributed by atoms with E-state index in [1.807, 2.05) is 49.4 Å². The molecule has 0 radical (unpaired) electrons. The second-order valence-corrected chi connectivity index (χ2v) is 7.11. The van der Waals surface area contributed by atoms with Gasteiger partial charge in [0.1, 0.15) is 18.9 Å². The number of nitrogens with one attached hydrogen (secondary N) is 1. The highest BCUT2D eigenvalue weighted by Crippen LogP contribution is 2.33. The number of H-pyrrole nitrogens is 1. The molecular weight excluding hydrogens is 370 g/mol. The molecule has 150 valence electrons. The lowest BCUT2D eigenvalue weighted by molar-refractivity contribution is -0.131. The molecule has 0 saturated carbocycles. The number of ether oxygens (including phenoxy) is 2. The number of carbonyl (C=O) groups excluding carboxylic acids is 1. The Morgan fingerprint density at radius 1 is 1.17 bits per heavy atom. The van der Waals surface area contributed by atoms with Crippen molar-refractivity contribution in [2.45, 2.75) is 25.8 Å². The van der Waals surface area contributed by atoms with Gasteiger partial charge in [-0.1, -0.05) is 18.2 Å². The molecule has 1 aromatic heterocycles. The lowest BCUT2D eigenvalue weighted by atomic mass is 10.1. The molecule has 1 aliphatic rings. The fourth-order valence-corrected chi connectivity index (χ4v) is 3.40. The zero-order valence-electron chi connectivity index (χ0n) is 16.5. The second-order valence-electron chi connectivity index (χ2n) is 7.11. The van der Waals surface area contributed by atoms with Gasteiger partial charge in [-0.2, -0.15) is 0 Å². The van der Waals surface area contributed by atoms with Crippen LogP contribution in [0.3, 0.4) is 0 Å². The van der Waals surface area contributed by atoms with Crippen molar-refractivity contribution in [1.29, 1.82) is 0 Å². The van der Waals surface area contributed by atoms with Crippen LogP contribution in [0.5, 0.6) is 11.5 Å². The molecule has 0 saturated heterocycles. The predicted octanol–water partition coefficient (Wildman–Crippen LogP) is 2.85. The van der Waals surface area contributed by atoms with Crippen LogP contribution in [0.1, 0.15) is 30.6 Å². The summed E-state index contributed by atoms with van der Waals surface area (Å²) in [7, 11) is 1.77. The third kappa shape index (κ3) is 3.94. The highest BCUT2D eigenvalue weighted by atomic mass is 16.6. The maximum atomic E-state index is 12.7. The molecule has 3 aromatic rings. The topological polar surface area (TPSA) is 84.5 Å². The summed E-state index contributed by atoms with van der Waals surface area (Å²) in [4.78, 5) is 33.9. The number of nitrogens with zero attached hydrogens (tertiary/aromatic N) is 2. The highest BCUT2D eigenvalue weighted by molar-refractivity contribution is 5.77. The minimum atomic E-state index is -0.251. The van der Waals surface area contributed by atoms with Gasteiger partial charge in [-0.3, -0.25) is 9.59 Å². The molecule has 7 nitrogen and oxygen atoms in total. The minimum absolute atomic E-state index is 0.0539. The van der Waals surface area contributed by atoms with E-state index in [9.17, 15) is 9.59 Å². The molecule has 2 aromatic carbocycles. The van der Waals surface area contributed by atoms with Gasteiger partial charge in [0.25, 0.3) is 5.56 Å². The largest absolute Gasteiger partial charge is 0.486 e. The number of carbonyl (C=O) groups is 1. The maximum absolute atomic E-state index is 12.7. The molecule has 1 atom stereocenters. The Hall–Kier alpha value is -3.35. The fraction of sp³-hybridized carbons (Fsp3) is 0.318. The van der Waals surface area contributed by atoms with Gasteiger partial charge in [-0.25, -0.2) is 4.98 Å². The Labute approximate surface area is 168 Å². The average Bonchev–Trinajstić information content (AvgIpc) is 2.76. The summed E-state index contributed by atoms with van der Waals surface area (Å²) < 4.78 is 11.2. The lowest BCUT2D eigenvalue weighted by Crippen LogP contribution is -2.30. The number of aryl methyl sites for hydroxylation is 1. The summed E-state index contributed by atoms with van der Waals surface area (Å²) in [5.41, 5.74) is 2.49. The third-order valence-electron chi connectivity index (χ3n) is 5.27. The predicted molar refractivity (Wildman–Crippen MR) is 109 cm³/mol. The average molecular weight is 393 g/mol. The molecule has 0 bridgehead atoms. The normalized spacial score (nSPS) is 13.9. The summed E-state index contributed by atoms with van der Waals surface area (Å²) in [5, 5.41) is 0. The lowest BCUT2D eigenvalue weighted by Gasteiger charge is -2.27. The molecule has 4 rings (SSSR count). The van der Waals surface area contributed by atoms with Crippen molar-refractivity contribution in [3.05, 3.63) is 64.1 Å². The van der Waals surface area contributed by atoms with Crippen LogP contribution in [0.4, 0.5) is 0 Å². The Morgan fingerprint density at radius 2 is 1.93 bits per heavy atom. The summed E-state index contributed by atoms with van der Waals surface area (Å²) in [6, 6.07) is 12.9. The summed E-state index contributed by atoms with van der Waals surface area (Å²) >= 11 is 0. The Kier molecular flexibility index (Phi) is 5.20. The van der Waals surface area contributed by atoms with Crippen LogP contribution >= 0.6 is 0 Å². The molecule has 7 heteroatoms. The van der Waals surface area contributed by atoms with Gasteiger partial charge in [-0.15, -0.1) is 0 Å². The second kappa shape index (κ2) is 7.95. The van der Waals surface area contributed by atoms with E-state index in [1.54, 1.807) is 11.9 Å². The number of hydrogen-bond acceptors (Lipinski definition) is 5. The fourth-order valence-electron chi connectivity index (χ4n) is 3.40. The zero-order chi connectivity index (χ0) is 20.4. The number of benzene rings is 2. The van der Waals surface area contributed by atoms with Gasteiger partial charge in [0.15, 0.2) is 11.5 Å². The number of hydrogen-bond donors (Lipinski definition) is 1. The molecular formula is C22H23N3O4. The van der Waals surface area contributed by atoms with E-state index in [1.165, 1.54) is 0 Å². The van der Waals surface area contributed by atoms with E-state index < -0.39 is 0 Å². The molecule has 1 N–H and O–H groups in total. The number of aromatic nitrogens is 2. The monoisotopic (exact) mass is 393 g/mol. The molecule has 0 spiro atoms. The van der Waals surface area contributed by atoms with Crippen molar-refractivity contribution < 1.29 is 14.3 Å². The standard InChI is InChI=1S/C22H23N3O4/c1-14(15-7-9-19-20(13-15)29-12-11-28-19)25(2)21(26)10-8-18-22(27)24-17-6-4-3-5-16(17)23-18/h3-7,9,13-14H,8,10-12H2,1-2H3,(H,24,27). The summed E-state index contributed by atoms with van der Waals surface area (Å²) in [5.74, 6) is 1.37. The molecule has 29 heavy (non-hydrogen) atoms. The number of para-hydroxylation sites is 2. The third-order valence-corrected chi connectivity index (χ3v) is 5.27. The van der Waals surface area contributed by atoms with Crippen molar-refractivity contribution in [2.24, 2.45) is 0 Å². The van der Waals surface area contributed by atoms with E-state index >= 15 is 0 Å².